The maximum atomic E-state index is 14.3. The highest BCUT2D eigenvalue weighted by Gasteiger charge is 2.40. The van der Waals surface area contributed by atoms with Gasteiger partial charge in [0.05, 0.1) is 6.54 Å². The molecule has 3 aromatic carbocycles. The summed E-state index contributed by atoms with van der Waals surface area (Å²) in [6.07, 6.45) is -0.174. The van der Waals surface area contributed by atoms with Crippen molar-refractivity contribution in [1.29, 1.82) is 0 Å². The number of hydrogen-bond donors (Lipinski definition) is 11. The fraction of sp³-hybridized carbons (Fsp3) is 0.472. The second-order valence-corrected chi connectivity index (χ2v) is 19.4. The lowest BCUT2D eigenvalue weighted by molar-refractivity contribution is -0.143. The number of aliphatic carboxylic acids is 1. The topological polar surface area (TPSA) is 351 Å². The van der Waals surface area contributed by atoms with Crippen LogP contribution in [0.4, 0.5) is 0 Å². The van der Waals surface area contributed by atoms with E-state index in [1.165, 1.54) is 36.1 Å². The number of carbonyl (C=O) groups is 10. The number of amides is 9. The number of nitrogens with two attached hydrogens (primary N) is 2. The van der Waals surface area contributed by atoms with Crippen LogP contribution in [-0.4, -0.2) is 136 Å². The van der Waals surface area contributed by atoms with Gasteiger partial charge in [0.15, 0.2) is 0 Å². The normalized spacial score (nSPS) is 15.9. The molecule has 3 aromatic rings. The number of carboxylic acid groups (broad SMARTS) is 1. The average molecular weight is 1040 g/mol. The molecule has 75 heavy (non-hydrogen) atoms. The number of carboxylic acids is 1. The number of benzene rings is 3. The van der Waals surface area contributed by atoms with E-state index < -0.39 is 113 Å². The molecule has 8 atom stereocenters. The maximum Gasteiger partial charge on any atom is 0.326 e. The van der Waals surface area contributed by atoms with Crippen LogP contribution in [0, 0.1) is 11.8 Å². The summed E-state index contributed by atoms with van der Waals surface area (Å²) in [6, 6.07) is 13.0. The van der Waals surface area contributed by atoms with Gasteiger partial charge >= 0.3 is 5.97 Å². The molecule has 0 radical (unpaired) electrons. The molecule has 1 fully saturated rings. The van der Waals surface area contributed by atoms with Gasteiger partial charge in [-0.1, -0.05) is 100 Å². The summed E-state index contributed by atoms with van der Waals surface area (Å²) in [7, 11) is 0. The second kappa shape index (κ2) is 29.1. The van der Waals surface area contributed by atoms with Crippen molar-refractivity contribution in [1.82, 2.24) is 42.1 Å². The van der Waals surface area contributed by atoms with Crippen LogP contribution < -0.4 is 48.7 Å². The van der Waals surface area contributed by atoms with Gasteiger partial charge in [-0.15, -0.1) is 0 Å². The van der Waals surface area contributed by atoms with Crippen molar-refractivity contribution < 1.29 is 58.2 Å². The molecule has 9 amide bonds. The molecule has 406 valence electrons. The first-order valence-corrected chi connectivity index (χ1v) is 25.1. The monoisotopic (exact) mass is 1040 g/mol. The zero-order valence-electron chi connectivity index (χ0n) is 43.0. The highest BCUT2D eigenvalue weighted by molar-refractivity contribution is 5.98. The van der Waals surface area contributed by atoms with Crippen LogP contribution >= 0.6 is 0 Å². The zero-order chi connectivity index (χ0) is 55.4. The van der Waals surface area contributed by atoms with Crippen LogP contribution in [0.1, 0.15) is 83.4 Å². The predicted octanol–water partition coefficient (Wildman–Crippen LogP) is -0.165. The van der Waals surface area contributed by atoms with Crippen molar-refractivity contribution in [3.8, 4) is 5.75 Å². The summed E-state index contributed by atoms with van der Waals surface area (Å²) in [4.78, 5) is 136. The lowest BCUT2D eigenvalue weighted by Gasteiger charge is -2.30. The fourth-order valence-electron chi connectivity index (χ4n) is 8.49. The third-order valence-corrected chi connectivity index (χ3v) is 12.5. The minimum Gasteiger partial charge on any atom is -0.508 e. The van der Waals surface area contributed by atoms with E-state index in [0.29, 0.717) is 23.1 Å². The molecule has 4 rings (SSSR count). The van der Waals surface area contributed by atoms with Gasteiger partial charge in [-0.2, -0.15) is 0 Å². The molecule has 22 nitrogen and oxygen atoms in total. The number of phenols is 1. The minimum atomic E-state index is -1.49. The molecule has 22 heteroatoms. The Balaban J connectivity index is 1.55. The van der Waals surface area contributed by atoms with Gasteiger partial charge in [-0.05, 0) is 73.3 Å². The van der Waals surface area contributed by atoms with Crippen LogP contribution in [0.3, 0.4) is 0 Å². The standard InChI is InChI=1S/C53H72N10O12/c1-30(2)25-38(57-44(66)29-54)48(69)60-39(26-33-13-8-6-9-14-33)47(68)56-32(5)52(73)63-24-12-17-42(63)51(72)58-37(22-23-43(55)65)46(67)59-40(27-34-15-10-7-11-16-34)49(70)61-41(28-35-18-20-36(64)21-19-35)50(71)62-45(31(3)4)53(74)75/h6-11,13-16,18-21,30-32,37-42,45,64H,12,17,22-29,54H2,1-5H3,(H2,55,65)(H,56,68)(H,57,66)(H,58,72)(H,59,67)(H,60,69)(H,61,70)(H,62,71)(H,74,75)/t32-,37-,38-,39-,40-,41-,42-,45-/m0/s1. The number of nitrogens with one attached hydrogen (secondary N) is 7. The van der Waals surface area contributed by atoms with Gasteiger partial charge in [0.25, 0.3) is 0 Å². The van der Waals surface area contributed by atoms with Crippen LogP contribution in [0.15, 0.2) is 84.9 Å². The van der Waals surface area contributed by atoms with Crippen LogP contribution in [-0.2, 0) is 67.2 Å². The lowest BCUT2D eigenvalue weighted by atomic mass is 10.00. The van der Waals surface area contributed by atoms with Crippen molar-refractivity contribution in [3.05, 3.63) is 102 Å². The number of carbonyl (C=O) groups excluding carboxylic acids is 9. The van der Waals surface area contributed by atoms with Gasteiger partial charge in [0.1, 0.15) is 54.1 Å². The van der Waals surface area contributed by atoms with Crippen molar-refractivity contribution in [2.75, 3.05) is 13.1 Å². The average Bonchev–Trinajstić information content (AvgIpc) is 3.87. The molecule has 1 aliphatic rings. The summed E-state index contributed by atoms with van der Waals surface area (Å²) < 4.78 is 0. The third-order valence-electron chi connectivity index (χ3n) is 12.5. The third kappa shape index (κ3) is 19.2. The van der Waals surface area contributed by atoms with Gasteiger partial charge in [-0.3, -0.25) is 43.2 Å². The Morgan fingerprint density at radius 3 is 1.53 bits per heavy atom. The Morgan fingerprint density at radius 2 is 1.07 bits per heavy atom. The number of likely N-dealkylation sites (tertiary alicyclic amines) is 1. The SMILES string of the molecule is CC(C)C[C@H](NC(=O)CN)C(=O)N[C@@H](Cc1ccccc1)C(=O)N[C@@H](C)C(=O)N1CCC[C@H]1C(=O)N[C@@H](CCC(N)=O)C(=O)N[C@@H](Cc1ccccc1)C(=O)N[C@@H](Cc1ccc(O)cc1)C(=O)N[C@H](C(=O)O)C(C)C. The second-order valence-electron chi connectivity index (χ2n) is 19.4. The van der Waals surface area contributed by atoms with Gasteiger partial charge < -0.3 is 63.8 Å². The molecular formula is C53H72N10O12. The van der Waals surface area contributed by atoms with E-state index >= 15 is 0 Å². The van der Waals surface area contributed by atoms with Crippen LogP contribution in [0.5, 0.6) is 5.75 Å². The van der Waals surface area contributed by atoms with E-state index in [-0.39, 0.29) is 69.7 Å². The van der Waals surface area contributed by atoms with E-state index in [1.807, 2.05) is 13.8 Å². The summed E-state index contributed by atoms with van der Waals surface area (Å²) in [5.41, 5.74) is 12.8. The van der Waals surface area contributed by atoms with E-state index in [2.05, 4.69) is 37.2 Å². The molecule has 0 saturated carbocycles. The smallest absolute Gasteiger partial charge is 0.326 e. The fourth-order valence-corrected chi connectivity index (χ4v) is 8.49. The highest BCUT2D eigenvalue weighted by atomic mass is 16.4. The first-order valence-electron chi connectivity index (χ1n) is 25.1. The molecule has 1 aliphatic heterocycles. The quantitative estimate of drug-likeness (QED) is 0.0451. The Hall–Kier alpha value is -7.88. The first kappa shape index (κ1) is 59.7. The predicted molar refractivity (Wildman–Crippen MR) is 275 cm³/mol. The number of hydrogen-bond acceptors (Lipinski definition) is 12. The summed E-state index contributed by atoms with van der Waals surface area (Å²) in [6.45, 7) is 8.09. The number of aromatic hydroxyl groups is 1. The Kier molecular flexibility index (Phi) is 23.2. The lowest BCUT2D eigenvalue weighted by Crippen LogP contribution is -2.60. The van der Waals surface area contributed by atoms with Gasteiger partial charge in [-0.25, -0.2) is 4.79 Å². The van der Waals surface area contributed by atoms with E-state index in [9.17, 15) is 58.2 Å². The Morgan fingerprint density at radius 1 is 0.600 bits per heavy atom. The van der Waals surface area contributed by atoms with E-state index in [4.69, 9.17) is 11.5 Å². The van der Waals surface area contributed by atoms with Crippen LogP contribution in [0.25, 0.3) is 0 Å². The molecule has 13 N–H and O–H groups in total. The summed E-state index contributed by atoms with van der Waals surface area (Å²) >= 11 is 0. The summed E-state index contributed by atoms with van der Waals surface area (Å²) in [5, 5.41) is 38.1. The van der Waals surface area contributed by atoms with Crippen molar-refractivity contribution in [2.24, 2.45) is 23.3 Å². The molecule has 0 spiro atoms. The Bertz CT molecular complexity index is 2460. The van der Waals surface area contributed by atoms with E-state index in [0.717, 1.165) is 0 Å². The largest absolute Gasteiger partial charge is 0.508 e. The van der Waals surface area contributed by atoms with Gasteiger partial charge in [0, 0.05) is 32.2 Å². The number of phenolic OH excluding ortho intramolecular Hbond substituents is 1. The molecule has 0 unspecified atom stereocenters. The maximum absolute atomic E-state index is 14.3. The van der Waals surface area contributed by atoms with Gasteiger partial charge in [0.2, 0.25) is 53.2 Å². The molecule has 1 heterocycles. The van der Waals surface area contributed by atoms with Crippen LogP contribution in [0.2, 0.25) is 0 Å². The van der Waals surface area contributed by atoms with Crippen molar-refractivity contribution in [2.45, 2.75) is 134 Å². The molecular weight excluding hydrogens is 969 g/mol. The highest BCUT2D eigenvalue weighted by Crippen LogP contribution is 2.20. The minimum absolute atomic E-state index is 0.0187. The molecule has 0 aliphatic carbocycles. The van der Waals surface area contributed by atoms with E-state index in [1.54, 1.807) is 74.5 Å². The first-order chi connectivity index (χ1) is 35.6. The number of nitrogens with zero attached hydrogens (tertiary/aromatic N) is 1. The van der Waals surface area contributed by atoms with Crippen molar-refractivity contribution in [3.63, 3.8) is 0 Å². The molecule has 0 bridgehead atoms. The molecule has 0 aromatic heterocycles. The zero-order valence-corrected chi connectivity index (χ0v) is 43.0. The summed E-state index contributed by atoms with van der Waals surface area (Å²) in [5.74, 6) is -8.64. The molecule has 1 saturated heterocycles. The number of primary amides is 1. The Labute approximate surface area is 436 Å². The van der Waals surface area contributed by atoms with Crippen molar-refractivity contribution >= 4 is 59.1 Å². The number of rotatable bonds is 28.